The smallest absolute Gasteiger partial charge is 0.228 e. The molecule has 1 aliphatic rings. The molecule has 29 heavy (non-hydrogen) atoms. The Morgan fingerprint density at radius 1 is 1.21 bits per heavy atom. The molecule has 0 bridgehead atoms. The highest BCUT2D eigenvalue weighted by molar-refractivity contribution is 5.59. The van der Waals surface area contributed by atoms with Crippen molar-refractivity contribution in [3.8, 4) is 23.1 Å². The highest BCUT2D eigenvalue weighted by atomic mass is 16.5. The number of benzene rings is 2. The van der Waals surface area contributed by atoms with E-state index in [0.717, 1.165) is 23.4 Å². The van der Waals surface area contributed by atoms with Gasteiger partial charge < -0.3 is 24.0 Å². The maximum atomic E-state index is 9.94. The highest BCUT2D eigenvalue weighted by Crippen LogP contribution is 2.47. The van der Waals surface area contributed by atoms with Crippen molar-refractivity contribution in [2.24, 2.45) is 0 Å². The summed E-state index contributed by atoms with van der Waals surface area (Å²) in [6, 6.07) is 12.8. The summed E-state index contributed by atoms with van der Waals surface area (Å²) < 4.78 is 13.4. The molecule has 2 N–H and O–H groups in total. The molecule has 0 aliphatic carbocycles. The third kappa shape index (κ3) is 3.45. The van der Waals surface area contributed by atoms with Crippen molar-refractivity contribution >= 4 is 0 Å². The van der Waals surface area contributed by atoms with E-state index in [-0.39, 0.29) is 11.7 Å². The Morgan fingerprint density at radius 3 is 2.76 bits per heavy atom. The maximum absolute atomic E-state index is 9.94. The third-order valence-corrected chi connectivity index (χ3v) is 5.13. The van der Waals surface area contributed by atoms with E-state index in [1.54, 1.807) is 25.6 Å². The lowest BCUT2D eigenvalue weighted by Crippen LogP contribution is -2.32. The van der Waals surface area contributed by atoms with Crippen LogP contribution in [0.3, 0.4) is 0 Å². The zero-order valence-corrected chi connectivity index (χ0v) is 16.7. The van der Waals surface area contributed by atoms with Crippen LogP contribution in [-0.2, 0) is 6.54 Å². The number of phenols is 1. The Hall–Kier alpha value is -3.32. The summed E-state index contributed by atoms with van der Waals surface area (Å²) in [5, 5.41) is 18.8. The van der Waals surface area contributed by atoms with E-state index in [1.165, 1.54) is 0 Å². The molecule has 7 heteroatoms. The summed E-state index contributed by atoms with van der Waals surface area (Å²) in [7, 11) is 5.64. The average molecular weight is 392 g/mol. The first kappa shape index (κ1) is 19.0. The van der Waals surface area contributed by atoms with Gasteiger partial charge in [-0.1, -0.05) is 24.3 Å². The van der Waals surface area contributed by atoms with Crippen LogP contribution in [0.5, 0.6) is 23.1 Å². The average Bonchev–Trinajstić information content (AvgIpc) is 2.71. The van der Waals surface area contributed by atoms with Crippen molar-refractivity contribution in [3.05, 3.63) is 71.0 Å². The van der Waals surface area contributed by atoms with E-state index < -0.39 is 0 Å². The number of nitrogens with one attached hydrogen (secondary N) is 1. The van der Waals surface area contributed by atoms with Crippen LogP contribution < -0.4 is 15.0 Å². The summed E-state index contributed by atoms with van der Waals surface area (Å²) in [4.78, 5) is 6.57. The second kappa shape index (κ2) is 7.60. The fraction of sp³-hybridized carbons (Fsp3) is 0.273. The molecule has 150 valence electrons. The Kier molecular flexibility index (Phi) is 4.98. The second-order valence-corrected chi connectivity index (χ2v) is 7.31. The van der Waals surface area contributed by atoms with E-state index in [4.69, 9.17) is 14.9 Å². The SMILES string of the molecule is COc1ccccc1C1c2ccc(O)cc2Oc2ncn(CCN(C)C)c(=N)c21. The van der Waals surface area contributed by atoms with Crippen LogP contribution in [0.4, 0.5) is 0 Å². The van der Waals surface area contributed by atoms with Crippen LogP contribution in [-0.4, -0.2) is 47.3 Å². The van der Waals surface area contributed by atoms with Gasteiger partial charge in [0.1, 0.15) is 29.1 Å². The molecule has 0 radical (unpaired) electrons. The van der Waals surface area contributed by atoms with Gasteiger partial charge in [0.15, 0.2) is 0 Å². The molecule has 7 nitrogen and oxygen atoms in total. The van der Waals surface area contributed by atoms with E-state index in [1.807, 2.05) is 49.0 Å². The first-order valence-electron chi connectivity index (χ1n) is 9.42. The molecular formula is C22H24N4O3. The van der Waals surface area contributed by atoms with Gasteiger partial charge in [0.05, 0.1) is 18.6 Å². The summed E-state index contributed by atoms with van der Waals surface area (Å²) >= 11 is 0. The molecule has 1 atom stereocenters. The fourth-order valence-corrected chi connectivity index (χ4v) is 3.66. The van der Waals surface area contributed by atoms with Crippen LogP contribution >= 0.6 is 0 Å². The minimum Gasteiger partial charge on any atom is -0.508 e. The zero-order valence-electron chi connectivity index (χ0n) is 16.7. The van der Waals surface area contributed by atoms with Crippen LogP contribution in [0.25, 0.3) is 0 Å². The third-order valence-electron chi connectivity index (χ3n) is 5.13. The van der Waals surface area contributed by atoms with Crippen LogP contribution in [0, 0.1) is 5.41 Å². The van der Waals surface area contributed by atoms with Crippen molar-refractivity contribution < 1.29 is 14.6 Å². The number of aromatic nitrogens is 2. The van der Waals surface area contributed by atoms with Gasteiger partial charge in [0.2, 0.25) is 5.88 Å². The first-order chi connectivity index (χ1) is 14.0. The number of fused-ring (bicyclic) bond motifs is 2. The van der Waals surface area contributed by atoms with E-state index in [9.17, 15) is 5.11 Å². The number of hydrogen-bond acceptors (Lipinski definition) is 6. The van der Waals surface area contributed by atoms with Gasteiger partial charge in [-0.05, 0) is 26.2 Å². The lowest BCUT2D eigenvalue weighted by atomic mass is 9.83. The van der Waals surface area contributed by atoms with Gasteiger partial charge in [0, 0.05) is 30.3 Å². The Morgan fingerprint density at radius 2 is 2.00 bits per heavy atom. The standard InChI is InChI=1S/C22H24N4O3/c1-25(2)10-11-26-13-24-22-20(21(26)23)19(15-6-4-5-7-17(15)28-3)16-9-8-14(27)12-18(16)29-22/h4-9,12-13,19,23,27H,10-11H2,1-3H3. The number of para-hydroxylation sites is 1. The molecule has 2 aromatic carbocycles. The van der Waals surface area contributed by atoms with Crippen molar-refractivity contribution in [1.82, 2.24) is 14.5 Å². The molecule has 1 unspecified atom stereocenters. The number of likely N-dealkylation sites (N-methyl/N-ethyl adjacent to an activating group) is 1. The maximum Gasteiger partial charge on any atom is 0.228 e. The Bertz CT molecular complexity index is 1110. The predicted octanol–water partition coefficient (Wildman–Crippen LogP) is 2.92. The van der Waals surface area contributed by atoms with E-state index in [0.29, 0.717) is 29.2 Å². The van der Waals surface area contributed by atoms with Crippen LogP contribution in [0.1, 0.15) is 22.6 Å². The number of nitrogens with zero attached hydrogens (tertiary/aromatic N) is 3. The van der Waals surface area contributed by atoms with E-state index >= 15 is 0 Å². The van der Waals surface area contributed by atoms with E-state index in [2.05, 4.69) is 9.88 Å². The van der Waals surface area contributed by atoms with Gasteiger partial charge in [-0.25, -0.2) is 4.98 Å². The van der Waals surface area contributed by atoms with Crippen molar-refractivity contribution in [2.45, 2.75) is 12.5 Å². The first-order valence-corrected chi connectivity index (χ1v) is 9.42. The molecule has 0 saturated carbocycles. The van der Waals surface area contributed by atoms with Gasteiger partial charge in [-0.2, -0.15) is 0 Å². The van der Waals surface area contributed by atoms with Gasteiger partial charge in [-0.15, -0.1) is 0 Å². The molecule has 1 aromatic heterocycles. The fourth-order valence-electron chi connectivity index (χ4n) is 3.66. The molecule has 0 amide bonds. The molecule has 0 saturated heterocycles. The molecule has 0 fully saturated rings. The van der Waals surface area contributed by atoms with Crippen molar-refractivity contribution in [1.29, 1.82) is 5.41 Å². The number of ether oxygens (including phenoxy) is 2. The van der Waals surface area contributed by atoms with Gasteiger partial charge in [0.25, 0.3) is 0 Å². The predicted molar refractivity (Wildman–Crippen MR) is 109 cm³/mol. The van der Waals surface area contributed by atoms with Crippen molar-refractivity contribution in [3.63, 3.8) is 0 Å². The minimum absolute atomic E-state index is 0.119. The molecular weight excluding hydrogens is 368 g/mol. The number of hydrogen-bond donors (Lipinski definition) is 2. The van der Waals surface area contributed by atoms with Crippen LogP contribution in [0.15, 0.2) is 48.8 Å². The zero-order chi connectivity index (χ0) is 20.5. The number of aromatic hydroxyl groups is 1. The second-order valence-electron chi connectivity index (χ2n) is 7.31. The lowest BCUT2D eigenvalue weighted by Gasteiger charge is -2.29. The Balaban J connectivity index is 1.94. The molecule has 0 spiro atoms. The largest absolute Gasteiger partial charge is 0.508 e. The quantitative estimate of drug-likeness (QED) is 0.546. The Labute approximate surface area is 169 Å². The monoisotopic (exact) mass is 392 g/mol. The number of methoxy groups -OCH3 is 1. The summed E-state index contributed by atoms with van der Waals surface area (Å²) in [6.45, 7) is 1.44. The minimum atomic E-state index is -0.294. The normalized spacial score (nSPS) is 14.8. The molecule has 4 rings (SSSR count). The number of phenolic OH excluding ortho intramolecular Hbond substituents is 1. The topological polar surface area (TPSA) is 83.6 Å². The molecule has 3 aromatic rings. The summed E-state index contributed by atoms with van der Waals surface area (Å²) in [6.07, 6.45) is 1.64. The van der Waals surface area contributed by atoms with Gasteiger partial charge >= 0.3 is 0 Å². The highest BCUT2D eigenvalue weighted by Gasteiger charge is 2.33. The van der Waals surface area contributed by atoms with Crippen molar-refractivity contribution in [2.75, 3.05) is 27.7 Å². The molecule has 1 aliphatic heterocycles. The molecule has 2 heterocycles. The lowest BCUT2D eigenvalue weighted by molar-refractivity contribution is 0.369. The summed E-state index contributed by atoms with van der Waals surface area (Å²) in [5.74, 6) is 1.47. The number of rotatable bonds is 5. The van der Waals surface area contributed by atoms with Crippen LogP contribution in [0.2, 0.25) is 0 Å². The van der Waals surface area contributed by atoms with Gasteiger partial charge in [-0.3, -0.25) is 5.41 Å². The summed E-state index contributed by atoms with van der Waals surface area (Å²) in [5.41, 5.74) is 2.83.